The first kappa shape index (κ1) is 22.8. The van der Waals surface area contributed by atoms with E-state index < -0.39 is 0 Å². The monoisotopic (exact) mass is 444 g/mol. The van der Waals surface area contributed by atoms with Crippen LogP contribution >= 0.6 is 0 Å². The number of rotatable bonds is 4. The van der Waals surface area contributed by atoms with E-state index >= 15 is 0 Å². The molecule has 4 aliphatic carbocycles. The first-order valence-corrected chi connectivity index (χ1v) is 13.2. The maximum absolute atomic E-state index is 13.5. The van der Waals surface area contributed by atoms with Gasteiger partial charge in [0.2, 0.25) is 0 Å². The molecule has 0 amide bonds. The van der Waals surface area contributed by atoms with Gasteiger partial charge in [0, 0.05) is 44.6 Å². The molecule has 1 heterocycles. The van der Waals surface area contributed by atoms with Gasteiger partial charge in [0.25, 0.3) is 0 Å². The largest absolute Gasteiger partial charge is 0.464 e. The lowest BCUT2D eigenvalue weighted by atomic mass is 9.40. The minimum Gasteiger partial charge on any atom is -0.464 e. The van der Waals surface area contributed by atoms with E-state index in [2.05, 4.69) is 37.6 Å². The quantitative estimate of drug-likeness (QED) is 0.610. The van der Waals surface area contributed by atoms with Crippen LogP contribution in [0.4, 0.5) is 0 Å². The second-order valence-corrected chi connectivity index (χ2v) is 12.9. The van der Waals surface area contributed by atoms with Gasteiger partial charge in [0.15, 0.2) is 0 Å². The molecular formula is C27H44N2O3. The molecule has 2 bridgehead atoms. The Hall–Kier alpha value is -0.940. The van der Waals surface area contributed by atoms with E-state index in [1.54, 1.807) is 0 Å². The van der Waals surface area contributed by atoms with Crippen LogP contribution in [0.3, 0.4) is 0 Å². The molecule has 0 aromatic rings. The highest BCUT2D eigenvalue weighted by Crippen LogP contribution is 2.73. The van der Waals surface area contributed by atoms with Crippen molar-refractivity contribution in [1.82, 2.24) is 9.80 Å². The highest BCUT2D eigenvalue weighted by atomic mass is 16.5. The van der Waals surface area contributed by atoms with Crippen molar-refractivity contribution in [2.45, 2.75) is 78.6 Å². The van der Waals surface area contributed by atoms with E-state index in [4.69, 9.17) is 4.74 Å². The Morgan fingerprint density at radius 1 is 1.00 bits per heavy atom. The molecule has 0 N–H and O–H groups in total. The van der Waals surface area contributed by atoms with Gasteiger partial charge in [-0.3, -0.25) is 14.5 Å². The van der Waals surface area contributed by atoms with Crippen LogP contribution in [0, 0.1) is 33.5 Å². The molecule has 5 fully saturated rings. The summed E-state index contributed by atoms with van der Waals surface area (Å²) in [4.78, 5) is 31.2. The predicted molar refractivity (Wildman–Crippen MR) is 125 cm³/mol. The molecule has 4 saturated carbocycles. The lowest BCUT2D eigenvalue weighted by Gasteiger charge is -2.63. The predicted octanol–water partition coefficient (Wildman–Crippen LogP) is 4.15. The van der Waals surface area contributed by atoms with Crippen molar-refractivity contribution in [3.63, 3.8) is 0 Å². The molecule has 0 unspecified atom stereocenters. The number of fused-ring (bicyclic) bond motifs is 3. The molecule has 0 radical (unpaired) electrons. The molecule has 1 aliphatic heterocycles. The Balaban J connectivity index is 1.28. The molecule has 6 atom stereocenters. The number of ketones is 1. The van der Waals surface area contributed by atoms with Crippen LogP contribution in [0.25, 0.3) is 0 Å². The third-order valence-corrected chi connectivity index (χ3v) is 11.1. The van der Waals surface area contributed by atoms with Crippen LogP contribution in [-0.4, -0.2) is 67.9 Å². The van der Waals surface area contributed by atoms with Gasteiger partial charge >= 0.3 is 5.97 Å². The second-order valence-electron chi connectivity index (χ2n) is 12.9. The zero-order valence-corrected chi connectivity index (χ0v) is 20.9. The number of hydrogen-bond acceptors (Lipinski definition) is 5. The van der Waals surface area contributed by atoms with Gasteiger partial charge in [0.05, 0.1) is 5.41 Å². The standard InChI is InChI=1S/C27H44N2O3/c1-24-10-6-21-25(2)8-5-9-26(3,20(25)7-11-27(21,19-24)18-22(24)30)23(31)32-17-16-29-14-12-28(4)13-15-29/h20-21H,5-19H2,1-4H3/t20-,21-,24-,25+,26+,27-/m0/s1. The molecule has 1 saturated heterocycles. The van der Waals surface area contributed by atoms with Crippen LogP contribution in [-0.2, 0) is 14.3 Å². The van der Waals surface area contributed by atoms with Crippen molar-refractivity contribution in [2.75, 3.05) is 46.4 Å². The topological polar surface area (TPSA) is 49.9 Å². The van der Waals surface area contributed by atoms with Crippen molar-refractivity contribution < 1.29 is 14.3 Å². The summed E-state index contributed by atoms with van der Waals surface area (Å²) in [5.41, 5.74) is -0.0769. The van der Waals surface area contributed by atoms with Gasteiger partial charge < -0.3 is 9.64 Å². The Labute approximate surface area is 194 Å². The van der Waals surface area contributed by atoms with E-state index in [9.17, 15) is 9.59 Å². The summed E-state index contributed by atoms with van der Waals surface area (Å²) in [6.45, 7) is 12.6. The van der Waals surface area contributed by atoms with Crippen LogP contribution in [0.1, 0.15) is 78.6 Å². The van der Waals surface area contributed by atoms with E-state index in [0.717, 1.165) is 77.7 Å². The summed E-state index contributed by atoms with van der Waals surface area (Å²) in [6.07, 6.45) is 9.59. The second kappa shape index (κ2) is 7.80. The minimum absolute atomic E-state index is 0.0432. The van der Waals surface area contributed by atoms with Gasteiger partial charge in [-0.05, 0) is 81.6 Å². The molecule has 5 aliphatic rings. The molecule has 5 heteroatoms. The third kappa shape index (κ3) is 3.40. The van der Waals surface area contributed by atoms with Gasteiger partial charge in [-0.2, -0.15) is 0 Å². The van der Waals surface area contributed by atoms with Crippen molar-refractivity contribution in [1.29, 1.82) is 0 Å². The van der Waals surface area contributed by atoms with E-state index in [1.165, 1.54) is 12.8 Å². The summed E-state index contributed by atoms with van der Waals surface area (Å²) in [7, 11) is 2.17. The van der Waals surface area contributed by atoms with E-state index in [0.29, 0.717) is 24.2 Å². The molecular weight excluding hydrogens is 400 g/mol. The highest BCUT2D eigenvalue weighted by Gasteiger charge is 2.68. The van der Waals surface area contributed by atoms with Gasteiger partial charge in [0.1, 0.15) is 12.4 Å². The summed E-state index contributed by atoms with van der Waals surface area (Å²) in [5, 5.41) is 0. The lowest BCUT2D eigenvalue weighted by molar-refractivity contribution is -0.188. The number of Topliss-reactive ketones (excluding diaryl/α,β-unsaturated/α-hetero) is 1. The average Bonchev–Trinajstić information content (AvgIpc) is 2.92. The molecule has 32 heavy (non-hydrogen) atoms. The summed E-state index contributed by atoms with van der Waals surface area (Å²) in [5.74, 6) is 1.53. The Kier molecular flexibility index (Phi) is 5.56. The van der Waals surface area contributed by atoms with Gasteiger partial charge in [-0.1, -0.05) is 20.3 Å². The SMILES string of the molecule is CN1CCN(CCOC(=O)[C@]2(C)CCC[C@@]3(C)[C@@H]4CC[C@@]5(C)C[C@]4(CC[C@@H]32)CC5=O)CC1. The fourth-order valence-electron chi connectivity index (χ4n) is 9.25. The molecule has 5 nitrogen and oxygen atoms in total. The maximum Gasteiger partial charge on any atom is 0.312 e. The minimum atomic E-state index is -0.375. The lowest BCUT2D eigenvalue weighted by Crippen LogP contribution is -2.59. The number of carbonyl (C=O) groups excluding carboxylic acids is 2. The number of piperazine rings is 1. The highest BCUT2D eigenvalue weighted by molar-refractivity contribution is 5.88. The molecule has 0 aromatic heterocycles. The Morgan fingerprint density at radius 2 is 1.72 bits per heavy atom. The number of esters is 1. The first-order chi connectivity index (χ1) is 15.1. The summed E-state index contributed by atoms with van der Waals surface area (Å²) < 4.78 is 5.99. The molecule has 5 rings (SSSR count). The number of nitrogens with zero attached hydrogens (tertiary/aromatic N) is 2. The third-order valence-electron chi connectivity index (χ3n) is 11.1. The van der Waals surface area contributed by atoms with Crippen LogP contribution in [0.2, 0.25) is 0 Å². The van der Waals surface area contributed by atoms with Crippen molar-refractivity contribution >= 4 is 11.8 Å². The smallest absolute Gasteiger partial charge is 0.312 e. The number of ether oxygens (including phenoxy) is 1. The Bertz CT molecular complexity index is 777. The van der Waals surface area contributed by atoms with Gasteiger partial charge in [-0.25, -0.2) is 0 Å². The van der Waals surface area contributed by atoms with Crippen LogP contribution in [0.15, 0.2) is 0 Å². The van der Waals surface area contributed by atoms with E-state index in [-0.39, 0.29) is 27.6 Å². The zero-order chi connectivity index (χ0) is 22.8. The molecule has 180 valence electrons. The van der Waals surface area contributed by atoms with Crippen molar-refractivity contribution in [3.8, 4) is 0 Å². The molecule has 0 aromatic carbocycles. The van der Waals surface area contributed by atoms with Gasteiger partial charge in [-0.15, -0.1) is 0 Å². The fourth-order valence-corrected chi connectivity index (χ4v) is 9.25. The molecule has 1 spiro atoms. The first-order valence-electron chi connectivity index (χ1n) is 13.2. The maximum atomic E-state index is 13.5. The van der Waals surface area contributed by atoms with Crippen molar-refractivity contribution in [3.05, 3.63) is 0 Å². The van der Waals surface area contributed by atoms with E-state index in [1.807, 2.05) is 0 Å². The number of hydrogen-bond donors (Lipinski definition) is 0. The Morgan fingerprint density at radius 3 is 2.47 bits per heavy atom. The number of likely N-dealkylation sites (N-methyl/N-ethyl adjacent to an activating group) is 1. The zero-order valence-electron chi connectivity index (χ0n) is 20.9. The number of carbonyl (C=O) groups is 2. The fraction of sp³-hybridized carbons (Fsp3) is 0.926. The summed E-state index contributed by atoms with van der Waals surface area (Å²) >= 11 is 0. The normalized spacial score (nSPS) is 47.1. The van der Waals surface area contributed by atoms with Crippen LogP contribution < -0.4 is 0 Å². The van der Waals surface area contributed by atoms with Crippen molar-refractivity contribution in [2.24, 2.45) is 33.5 Å². The van der Waals surface area contributed by atoms with Crippen LogP contribution in [0.5, 0.6) is 0 Å². The summed E-state index contributed by atoms with van der Waals surface area (Å²) in [6, 6.07) is 0. The average molecular weight is 445 g/mol.